The average Bonchev–Trinajstić information content (AvgIpc) is 2.47. The van der Waals surface area contributed by atoms with E-state index in [1.54, 1.807) is 0 Å². The number of aromatic nitrogens is 2. The molecule has 0 unspecified atom stereocenters. The molecule has 0 spiro atoms. The molecule has 72 valence electrons. The van der Waals surface area contributed by atoms with Gasteiger partial charge in [0.1, 0.15) is 0 Å². The molecule has 0 saturated carbocycles. The number of ether oxygens (including phenoxy) is 1. The number of halogens is 2. The summed E-state index contributed by atoms with van der Waals surface area (Å²) in [5.41, 5.74) is -0.180. The Bertz CT molecular complexity index is 300. The van der Waals surface area contributed by atoms with Crippen molar-refractivity contribution < 1.29 is 22.9 Å². The highest BCUT2D eigenvalue weighted by Crippen LogP contribution is 2.13. The van der Waals surface area contributed by atoms with E-state index in [1.165, 1.54) is 6.92 Å². The minimum Gasteiger partial charge on any atom is -0.468 e. The van der Waals surface area contributed by atoms with Crippen molar-refractivity contribution in [3.8, 4) is 5.88 Å². The zero-order valence-electron chi connectivity index (χ0n) is 6.66. The summed E-state index contributed by atoms with van der Waals surface area (Å²) in [6.45, 7) is 0.364. The van der Waals surface area contributed by atoms with Crippen molar-refractivity contribution in [2.75, 3.05) is 6.61 Å². The van der Waals surface area contributed by atoms with Gasteiger partial charge < -0.3 is 4.74 Å². The average molecular weight is 192 g/mol. The number of rotatable bonds is 4. The molecule has 0 bridgehead atoms. The summed E-state index contributed by atoms with van der Waals surface area (Å²) >= 11 is 0. The maximum Gasteiger partial charge on any atom is 0.287 e. The van der Waals surface area contributed by atoms with Gasteiger partial charge in [0.25, 0.3) is 12.3 Å². The molecule has 0 fully saturated rings. The molecule has 0 N–H and O–H groups in total. The first kappa shape index (κ1) is 9.56. The summed E-state index contributed by atoms with van der Waals surface area (Å²) in [4.78, 5) is 10.7. The van der Waals surface area contributed by atoms with Crippen LogP contribution in [0.3, 0.4) is 0 Å². The van der Waals surface area contributed by atoms with Crippen molar-refractivity contribution >= 4 is 5.78 Å². The fourth-order valence-corrected chi connectivity index (χ4v) is 0.632. The Morgan fingerprint density at radius 1 is 1.62 bits per heavy atom. The number of nitrogens with zero attached hydrogens (tertiary/aromatic N) is 2. The predicted molar refractivity (Wildman–Crippen MR) is 35.8 cm³/mol. The third-order valence-electron chi connectivity index (χ3n) is 1.14. The predicted octanol–water partition coefficient (Wildman–Crippen LogP) is 0.916. The molecule has 0 amide bonds. The monoisotopic (exact) mass is 192 g/mol. The van der Waals surface area contributed by atoms with Gasteiger partial charge in [0, 0.05) is 6.92 Å². The van der Waals surface area contributed by atoms with Crippen LogP contribution in [-0.2, 0) is 0 Å². The molecule has 1 rings (SSSR count). The second-order valence-electron chi connectivity index (χ2n) is 2.18. The van der Waals surface area contributed by atoms with Crippen molar-refractivity contribution in [3.05, 3.63) is 5.69 Å². The van der Waals surface area contributed by atoms with Crippen LogP contribution in [0.4, 0.5) is 8.78 Å². The second kappa shape index (κ2) is 3.92. The number of ketones is 1. The summed E-state index contributed by atoms with van der Waals surface area (Å²) in [7, 11) is 0. The fraction of sp³-hybridized carbons (Fsp3) is 0.500. The minimum atomic E-state index is -2.63. The third kappa shape index (κ3) is 2.46. The number of hydrogen-bond donors (Lipinski definition) is 0. The van der Waals surface area contributed by atoms with Crippen LogP contribution in [0.5, 0.6) is 5.88 Å². The van der Waals surface area contributed by atoms with Gasteiger partial charge in [-0.1, -0.05) is 0 Å². The number of alkyl halides is 2. The first-order chi connectivity index (χ1) is 6.11. The first-order valence-corrected chi connectivity index (χ1v) is 3.35. The molecule has 0 saturated heterocycles. The summed E-state index contributed by atoms with van der Waals surface area (Å²) in [5, 5.41) is 6.33. The molecular formula is C6H6F2N2O3. The molecule has 0 aromatic carbocycles. The number of carbonyl (C=O) groups excluding carboxylic acids is 1. The van der Waals surface area contributed by atoms with Gasteiger partial charge in [0.15, 0.2) is 12.4 Å². The van der Waals surface area contributed by atoms with Crippen molar-refractivity contribution in [1.82, 2.24) is 10.3 Å². The topological polar surface area (TPSA) is 65.2 Å². The fourth-order valence-electron chi connectivity index (χ4n) is 0.632. The molecule has 1 aromatic heterocycles. The lowest BCUT2D eigenvalue weighted by Gasteiger charge is -1.99. The normalized spacial score (nSPS) is 10.5. The Kier molecular flexibility index (Phi) is 2.88. The summed E-state index contributed by atoms with van der Waals surface area (Å²) in [6, 6.07) is 0. The Morgan fingerprint density at radius 2 is 2.31 bits per heavy atom. The lowest BCUT2D eigenvalue weighted by molar-refractivity contribution is 0.0762. The number of Topliss-reactive ketones (excluding diaryl/α,β-unsaturated/α-hetero) is 1. The van der Waals surface area contributed by atoms with Crippen molar-refractivity contribution in [3.63, 3.8) is 0 Å². The van der Waals surface area contributed by atoms with Gasteiger partial charge in [-0.25, -0.2) is 13.4 Å². The van der Waals surface area contributed by atoms with E-state index in [4.69, 9.17) is 0 Å². The van der Waals surface area contributed by atoms with Crippen LogP contribution in [0, 0.1) is 0 Å². The van der Waals surface area contributed by atoms with Gasteiger partial charge in [-0.15, -0.1) is 0 Å². The quantitative estimate of drug-likeness (QED) is 0.663. The van der Waals surface area contributed by atoms with E-state index >= 15 is 0 Å². The molecule has 0 aliphatic carbocycles. The molecule has 0 atom stereocenters. The summed E-state index contributed by atoms with van der Waals surface area (Å²) in [6.07, 6.45) is -2.63. The zero-order valence-corrected chi connectivity index (χ0v) is 6.66. The Labute approximate surface area is 71.6 Å². The molecule has 7 heteroatoms. The van der Waals surface area contributed by atoms with Crippen molar-refractivity contribution in [1.29, 1.82) is 0 Å². The van der Waals surface area contributed by atoms with Crippen LogP contribution < -0.4 is 4.74 Å². The summed E-state index contributed by atoms with van der Waals surface area (Å²) < 4.78 is 32.0. The minimum absolute atomic E-state index is 0.180. The highest BCUT2D eigenvalue weighted by atomic mass is 19.3. The molecule has 0 aliphatic rings. The first-order valence-electron chi connectivity index (χ1n) is 3.35. The molecule has 1 aromatic rings. The van der Waals surface area contributed by atoms with E-state index in [9.17, 15) is 13.6 Å². The van der Waals surface area contributed by atoms with E-state index in [0.29, 0.717) is 0 Å². The van der Waals surface area contributed by atoms with Crippen LogP contribution in [-0.4, -0.2) is 29.1 Å². The van der Waals surface area contributed by atoms with Crippen LogP contribution >= 0.6 is 0 Å². The SMILES string of the molecule is CC(=O)c1nonc1OCC(F)F. The van der Waals surface area contributed by atoms with Gasteiger partial charge in [0.05, 0.1) is 0 Å². The van der Waals surface area contributed by atoms with E-state index in [0.717, 1.165) is 0 Å². The Morgan fingerprint density at radius 3 is 2.85 bits per heavy atom. The van der Waals surface area contributed by atoms with Crippen LogP contribution in [0.15, 0.2) is 4.63 Å². The van der Waals surface area contributed by atoms with Gasteiger partial charge in [-0.2, -0.15) is 0 Å². The van der Waals surface area contributed by atoms with Gasteiger partial charge >= 0.3 is 0 Å². The Hall–Kier alpha value is -1.53. The van der Waals surface area contributed by atoms with Crippen molar-refractivity contribution in [2.24, 2.45) is 0 Å². The lowest BCUT2D eigenvalue weighted by Crippen LogP contribution is -2.09. The lowest BCUT2D eigenvalue weighted by atomic mass is 10.3. The zero-order chi connectivity index (χ0) is 9.84. The molecule has 5 nitrogen and oxygen atoms in total. The maximum atomic E-state index is 11.7. The van der Waals surface area contributed by atoms with Crippen LogP contribution in [0.1, 0.15) is 17.4 Å². The van der Waals surface area contributed by atoms with Gasteiger partial charge in [0.2, 0.25) is 5.69 Å². The molecule has 0 radical (unpaired) electrons. The molecule has 0 aliphatic heterocycles. The van der Waals surface area contributed by atoms with Crippen LogP contribution in [0.2, 0.25) is 0 Å². The highest BCUT2D eigenvalue weighted by molar-refractivity contribution is 5.93. The van der Waals surface area contributed by atoms with E-state index < -0.39 is 18.8 Å². The van der Waals surface area contributed by atoms with E-state index in [-0.39, 0.29) is 11.6 Å². The molecular weight excluding hydrogens is 186 g/mol. The third-order valence-corrected chi connectivity index (χ3v) is 1.14. The van der Waals surface area contributed by atoms with E-state index in [1.807, 2.05) is 0 Å². The standard InChI is InChI=1S/C6H6F2N2O3/c1-3(11)5-6(10-13-9-5)12-2-4(7)8/h4H,2H2,1H3. The maximum absolute atomic E-state index is 11.7. The molecule has 1 heterocycles. The van der Waals surface area contributed by atoms with Gasteiger partial charge in [-0.05, 0) is 10.3 Å². The van der Waals surface area contributed by atoms with Crippen LogP contribution in [0.25, 0.3) is 0 Å². The Balaban J connectivity index is 2.65. The van der Waals surface area contributed by atoms with E-state index in [2.05, 4.69) is 19.7 Å². The number of carbonyl (C=O) groups is 1. The van der Waals surface area contributed by atoms with Crippen molar-refractivity contribution in [2.45, 2.75) is 13.3 Å². The molecule has 13 heavy (non-hydrogen) atoms. The highest BCUT2D eigenvalue weighted by Gasteiger charge is 2.17. The smallest absolute Gasteiger partial charge is 0.287 e. The van der Waals surface area contributed by atoms with Gasteiger partial charge in [-0.3, -0.25) is 4.79 Å². The number of hydrogen-bond acceptors (Lipinski definition) is 5. The largest absolute Gasteiger partial charge is 0.468 e. The second-order valence-corrected chi connectivity index (χ2v) is 2.18. The summed E-state index contributed by atoms with van der Waals surface area (Å²) in [5.74, 6) is -0.752.